The predicted octanol–water partition coefficient (Wildman–Crippen LogP) is 3.68. The van der Waals surface area contributed by atoms with E-state index in [9.17, 15) is 14.9 Å². The number of halogens is 2. The molecule has 156 valence electrons. The second-order valence-corrected chi connectivity index (χ2v) is 8.20. The van der Waals surface area contributed by atoms with Crippen LogP contribution in [0.25, 0.3) is 6.08 Å². The van der Waals surface area contributed by atoms with Crippen molar-refractivity contribution in [2.75, 3.05) is 20.8 Å². The summed E-state index contributed by atoms with van der Waals surface area (Å²) in [5.41, 5.74) is 1.54. The number of carbonyl (C=O) groups excluding carboxylic acids is 2. The van der Waals surface area contributed by atoms with Crippen LogP contribution < -0.4 is 14.8 Å². The summed E-state index contributed by atoms with van der Waals surface area (Å²) in [6.45, 7) is 0.0894. The molecule has 2 rings (SSSR count). The Morgan fingerprint density at radius 1 is 1.13 bits per heavy atom. The van der Waals surface area contributed by atoms with Gasteiger partial charge in [0, 0.05) is 6.54 Å². The Kier molecular flexibility index (Phi) is 9.38. The van der Waals surface area contributed by atoms with Gasteiger partial charge < -0.3 is 19.5 Å². The van der Waals surface area contributed by atoms with Gasteiger partial charge in [0.1, 0.15) is 23.1 Å². The zero-order chi connectivity index (χ0) is 22.1. The van der Waals surface area contributed by atoms with Crippen LogP contribution in [-0.2, 0) is 20.9 Å². The second kappa shape index (κ2) is 11.8. The summed E-state index contributed by atoms with van der Waals surface area (Å²) in [6, 6.07) is 12.8. The van der Waals surface area contributed by atoms with Gasteiger partial charge in [0.05, 0.1) is 21.4 Å². The third-order valence-corrected chi connectivity index (χ3v) is 5.47. The second-order valence-electron chi connectivity index (χ2n) is 5.88. The van der Waals surface area contributed by atoms with Crippen molar-refractivity contribution in [2.45, 2.75) is 6.54 Å². The van der Waals surface area contributed by atoms with Crippen molar-refractivity contribution in [1.29, 1.82) is 5.26 Å². The number of esters is 1. The van der Waals surface area contributed by atoms with E-state index in [2.05, 4.69) is 55.2 Å². The minimum absolute atomic E-state index is 0.0154. The fraction of sp³-hybridized carbons (Fsp3) is 0.190. The van der Waals surface area contributed by atoms with Crippen LogP contribution in [-0.4, -0.2) is 32.7 Å². The van der Waals surface area contributed by atoms with E-state index in [1.165, 1.54) is 13.2 Å². The zero-order valence-electron chi connectivity index (χ0n) is 16.2. The van der Waals surface area contributed by atoms with Gasteiger partial charge in [-0.15, -0.1) is 0 Å². The molecule has 0 bridgehead atoms. The molecule has 0 aromatic heterocycles. The van der Waals surface area contributed by atoms with Gasteiger partial charge in [-0.25, -0.2) is 4.79 Å². The molecule has 1 N–H and O–H groups in total. The Morgan fingerprint density at radius 3 is 2.30 bits per heavy atom. The first-order valence-corrected chi connectivity index (χ1v) is 10.7. The van der Waals surface area contributed by atoms with E-state index in [4.69, 9.17) is 9.47 Å². The van der Waals surface area contributed by atoms with E-state index in [1.54, 1.807) is 31.4 Å². The maximum atomic E-state index is 12.4. The van der Waals surface area contributed by atoms with Crippen LogP contribution in [0.4, 0.5) is 0 Å². The van der Waals surface area contributed by atoms with Crippen LogP contribution in [0.2, 0.25) is 0 Å². The van der Waals surface area contributed by atoms with E-state index < -0.39 is 11.9 Å². The lowest BCUT2D eigenvalue weighted by atomic mass is 10.1. The van der Waals surface area contributed by atoms with Crippen LogP contribution in [0.5, 0.6) is 11.5 Å². The van der Waals surface area contributed by atoms with E-state index in [0.717, 1.165) is 18.5 Å². The highest BCUT2D eigenvalue weighted by molar-refractivity contribution is 14.1. The van der Waals surface area contributed by atoms with Gasteiger partial charge in [0.2, 0.25) is 0 Å². The van der Waals surface area contributed by atoms with Gasteiger partial charge in [0.25, 0.3) is 5.91 Å². The predicted molar refractivity (Wildman–Crippen MR) is 128 cm³/mol. The number of nitriles is 1. The molecule has 0 fully saturated rings. The minimum Gasteiger partial charge on any atom is -0.497 e. The number of nitrogens with zero attached hydrogens (tertiary/aromatic N) is 1. The molecule has 7 nitrogen and oxygen atoms in total. The molecule has 0 radical (unpaired) electrons. The first-order valence-electron chi connectivity index (χ1n) is 8.59. The Balaban J connectivity index is 2.11. The summed E-state index contributed by atoms with van der Waals surface area (Å²) >= 11 is 4.14. The lowest BCUT2D eigenvalue weighted by molar-refractivity contribution is -0.142. The average Bonchev–Trinajstić information content (AvgIpc) is 2.75. The van der Waals surface area contributed by atoms with E-state index in [0.29, 0.717) is 11.3 Å². The normalized spacial score (nSPS) is 10.7. The first kappa shape index (κ1) is 23.9. The van der Waals surface area contributed by atoms with Gasteiger partial charge in [-0.1, -0.05) is 12.1 Å². The summed E-state index contributed by atoms with van der Waals surface area (Å²) in [5.74, 6) is 0.322. The summed E-state index contributed by atoms with van der Waals surface area (Å²) in [6.07, 6.45) is 1.51. The van der Waals surface area contributed by atoms with Crippen LogP contribution in [0.3, 0.4) is 0 Å². The van der Waals surface area contributed by atoms with Crippen molar-refractivity contribution in [3.05, 3.63) is 60.2 Å². The largest absolute Gasteiger partial charge is 0.497 e. The highest BCUT2D eigenvalue weighted by Crippen LogP contribution is 2.30. The molecule has 2 aromatic rings. The monoisotopic (exact) mass is 632 g/mol. The lowest BCUT2D eigenvalue weighted by Gasteiger charge is -2.11. The third kappa shape index (κ3) is 6.88. The lowest BCUT2D eigenvalue weighted by Crippen LogP contribution is -2.23. The quantitative estimate of drug-likeness (QED) is 0.207. The molecule has 0 heterocycles. The number of hydrogen-bond acceptors (Lipinski definition) is 6. The molecule has 2 aromatic carbocycles. The van der Waals surface area contributed by atoms with Gasteiger partial charge in [0.15, 0.2) is 6.61 Å². The van der Waals surface area contributed by atoms with Gasteiger partial charge >= 0.3 is 5.97 Å². The van der Waals surface area contributed by atoms with Crippen LogP contribution in [0.1, 0.15) is 11.1 Å². The zero-order valence-corrected chi connectivity index (χ0v) is 20.5. The number of nitrogens with one attached hydrogen (secondary N) is 1. The Labute approximate surface area is 201 Å². The fourth-order valence-corrected chi connectivity index (χ4v) is 4.45. The summed E-state index contributed by atoms with van der Waals surface area (Å²) in [4.78, 5) is 23.7. The van der Waals surface area contributed by atoms with Crippen molar-refractivity contribution in [3.8, 4) is 17.6 Å². The van der Waals surface area contributed by atoms with Crippen LogP contribution in [0.15, 0.2) is 42.0 Å². The third-order valence-electron chi connectivity index (χ3n) is 3.87. The summed E-state index contributed by atoms with van der Waals surface area (Å²) in [7, 11) is 2.87. The topological polar surface area (TPSA) is 97.7 Å². The van der Waals surface area contributed by atoms with Crippen molar-refractivity contribution in [2.24, 2.45) is 0 Å². The molecule has 0 saturated heterocycles. The molecule has 0 atom stereocenters. The maximum absolute atomic E-state index is 12.4. The average molecular weight is 632 g/mol. The molecule has 0 aliphatic carbocycles. The molecule has 0 spiro atoms. The molecular weight excluding hydrogens is 614 g/mol. The number of benzene rings is 2. The molecule has 0 unspecified atom stereocenters. The summed E-state index contributed by atoms with van der Waals surface area (Å²) < 4.78 is 16.7. The molecular formula is C21H18I2N2O5. The number of amides is 1. The highest BCUT2D eigenvalue weighted by Gasteiger charge is 2.13. The highest BCUT2D eigenvalue weighted by atomic mass is 127. The number of methoxy groups -OCH3 is 2. The minimum atomic E-state index is -0.481. The Bertz CT molecular complexity index is 974. The van der Waals surface area contributed by atoms with E-state index in [1.807, 2.05) is 18.2 Å². The van der Waals surface area contributed by atoms with E-state index >= 15 is 0 Å². The fourth-order valence-electron chi connectivity index (χ4n) is 2.33. The molecule has 9 heteroatoms. The van der Waals surface area contributed by atoms with Crippen molar-refractivity contribution < 1.29 is 23.8 Å². The molecule has 1 amide bonds. The summed E-state index contributed by atoms with van der Waals surface area (Å²) in [5, 5.41) is 12.2. The molecule has 0 aliphatic rings. The van der Waals surface area contributed by atoms with Crippen LogP contribution in [0, 0.1) is 18.5 Å². The number of ether oxygens (including phenoxy) is 3. The maximum Gasteiger partial charge on any atom is 0.343 e. The van der Waals surface area contributed by atoms with E-state index in [-0.39, 0.29) is 18.7 Å². The SMILES string of the molecule is COC(=O)COc1c(I)cc(/C=C(/C#N)C(=O)NCc2ccc(OC)cc2)cc1I. The molecule has 0 aliphatic heterocycles. The van der Waals surface area contributed by atoms with Crippen molar-refractivity contribution >= 4 is 63.1 Å². The van der Waals surface area contributed by atoms with Crippen LogP contribution >= 0.6 is 45.2 Å². The van der Waals surface area contributed by atoms with Crippen molar-refractivity contribution in [1.82, 2.24) is 5.32 Å². The van der Waals surface area contributed by atoms with Crippen molar-refractivity contribution in [3.63, 3.8) is 0 Å². The number of carbonyl (C=O) groups is 2. The Morgan fingerprint density at radius 2 is 1.77 bits per heavy atom. The van der Waals surface area contributed by atoms with Gasteiger partial charge in [-0.3, -0.25) is 4.79 Å². The van der Waals surface area contributed by atoms with Gasteiger partial charge in [-0.2, -0.15) is 5.26 Å². The van der Waals surface area contributed by atoms with Gasteiger partial charge in [-0.05, 0) is 86.7 Å². The number of rotatable bonds is 8. The standard InChI is InChI=1S/C21H18I2N2O5/c1-28-16-5-3-13(4-6-16)11-25-21(27)15(10-24)7-14-8-17(22)20(18(23)9-14)30-12-19(26)29-2/h3-9H,11-12H2,1-2H3,(H,25,27)/b15-7-. The smallest absolute Gasteiger partial charge is 0.343 e. The molecule has 0 saturated carbocycles. The first-order chi connectivity index (χ1) is 14.4. The number of hydrogen-bond donors (Lipinski definition) is 1. The Hall–Kier alpha value is -2.33. The molecule has 30 heavy (non-hydrogen) atoms.